The van der Waals surface area contributed by atoms with Gasteiger partial charge in [0.15, 0.2) is 5.96 Å². The van der Waals surface area contributed by atoms with Crippen LogP contribution in [0, 0.1) is 0 Å². The zero-order chi connectivity index (χ0) is 16.2. The van der Waals surface area contributed by atoms with Gasteiger partial charge in [0.2, 0.25) is 0 Å². The van der Waals surface area contributed by atoms with E-state index in [2.05, 4.69) is 46.8 Å². The van der Waals surface area contributed by atoms with Gasteiger partial charge in [-0.05, 0) is 20.3 Å². The van der Waals surface area contributed by atoms with Crippen LogP contribution in [-0.4, -0.2) is 43.8 Å². The number of hydrogen-bond acceptors (Lipinski definition) is 4. The monoisotopic (exact) mass is 326 g/mol. The van der Waals surface area contributed by atoms with Gasteiger partial charge in [0.05, 0.1) is 10.7 Å². The Bertz CT molecular complexity index is 432. The molecule has 1 rings (SSSR count). The standard InChI is InChI=1S/C16H30N4OS/c1-5-17-16(18-9-7-11-21-6-2)19-10-8-14-12-22-15(20-14)13(3)4/h12-13H,5-11H2,1-4H3,(H2,17,18,19). The van der Waals surface area contributed by atoms with Crippen LogP contribution in [0.15, 0.2) is 10.4 Å². The van der Waals surface area contributed by atoms with E-state index in [1.165, 1.54) is 5.01 Å². The second-order valence-electron chi connectivity index (χ2n) is 5.32. The van der Waals surface area contributed by atoms with Gasteiger partial charge in [-0.25, -0.2) is 4.98 Å². The van der Waals surface area contributed by atoms with Crippen molar-refractivity contribution in [3.05, 3.63) is 16.1 Å². The molecule has 0 bridgehead atoms. The van der Waals surface area contributed by atoms with Crippen molar-refractivity contribution >= 4 is 17.3 Å². The number of rotatable bonds is 10. The summed E-state index contributed by atoms with van der Waals surface area (Å²) in [5.74, 6) is 1.38. The van der Waals surface area contributed by atoms with Crippen molar-refractivity contribution in [1.29, 1.82) is 0 Å². The van der Waals surface area contributed by atoms with Gasteiger partial charge in [0, 0.05) is 50.6 Å². The molecule has 0 amide bonds. The lowest BCUT2D eigenvalue weighted by Gasteiger charge is -2.10. The summed E-state index contributed by atoms with van der Waals surface area (Å²) in [5.41, 5.74) is 1.16. The van der Waals surface area contributed by atoms with Crippen molar-refractivity contribution in [2.75, 3.05) is 32.8 Å². The van der Waals surface area contributed by atoms with Crippen LogP contribution in [0.25, 0.3) is 0 Å². The topological polar surface area (TPSA) is 58.5 Å². The highest BCUT2D eigenvalue weighted by Gasteiger charge is 2.05. The first kappa shape index (κ1) is 18.9. The number of aromatic nitrogens is 1. The molecule has 6 heteroatoms. The van der Waals surface area contributed by atoms with Crippen molar-refractivity contribution in [3.63, 3.8) is 0 Å². The summed E-state index contributed by atoms with van der Waals surface area (Å²) in [6.07, 6.45) is 1.88. The van der Waals surface area contributed by atoms with Gasteiger partial charge in [-0.15, -0.1) is 11.3 Å². The van der Waals surface area contributed by atoms with Crippen molar-refractivity contribution < 1.29 is 4.74 Å². The van der Waals surface area contributed by atoms with Crippen molar-refractivity contribution in [3.8, 4) is 0 Å². The van der Waals surface area contributed by atoms with Crippen LogP contribution in [0.5, 0.6) is 0 Å². The normalized spacial score (nSPS) is 12.0. The first-order valence-corrected chi connectivity index (χ1v) is 9.09. The highest BCUT2D eigenvalue weighted by Crippen LogP contribution is 2.19. The maximum Gasteiger partial charge on any atom is 0.191 e. The summed E-state index contributed by atoms with van der Waals surface area (Å²) in [6, 6.07) is 0. The number of nitrogens with one attached hydrogen (secondary N) is 2. The Labute approximate surface area is 138 Å². The summed E-state index contributed by atoms with van der Waals surface area (Å²) < 4.78 is 5.32. The van der Waals surface area contributed by atoms with Gasteiger partial charge in [-0.1, -0.05) is 13.8 Å². The Morgan fingerprint density at radius 3 is 2.82 bits per heavy atom. The molecular weight excluding hydrogens is 296 g/mol. The average molecular weight is 327 g/mol. The number of ether oxygens (including phenoxy) is 1. The van der Waals surface area contributed by atoms with Crippen LogP contribution >= 0.6 is 11.3 Å². The maximum absolute atomic E-state index is 5.32. The number of thiazole rings is 1. The Kier molecular flexibility index (Phi) is 9.82. The number of hydrogen-bond donors (Lipinski definition) is 2. The lowest BCUT2D eigenvalue weighted by Crippen LogP contribution is -2.38. The molecule has 0 aliphatic carbocycles. The maximum atomic E-state index is 5.32. The van der Waals surface area contributed by atoms with Gasteiger partial charge >= 0.3 is 0 Å². The molecule has 0 spiro atoms. The van der Waals surface area contributed by atoms with Crippen LogP contribution in [0.1, 0.15) is 50.7 Å². The second kappa shape index (κ2) is 11.4. The SMILES string of the molecule is CCNC(=NCCCOCC)NCCc1csc(C(C)C)n1. The molecule has 126 valence electrons. The largest absolute Gasteiger partial charge is 0.382 e. The minimum Gasteiger partial charge on any atom is -0.382 e. The zero-order valence-electron chi connectivity index (χ0n) is 14.3. The fourth-order valence-electron chi connectivity index (χ4n) is 1.86. The minimum absolute atomic E-state index is 0.510. The summed E-state index contributed by atoms with van der Waals surface area (Å²) in [4.78, 5) is 9.20. The minimum atomic E-state index is 0.510. The predicted molar refractivity (Wildman–Crippen MR) is 95.0 cm³/mol. The van der Waals surface area contributed by atoms with E-state index >= 15 is 0 Å². The first-order chi connectivity index (χ1) is 10.7. The molecule has 5 nitrogen and oxygen atoms in total. The molecule has 0 atom stereocenters. The zero-order valence-corrected chi connectivity index (χ0v) is 15.1. The van der Waals surface area contributed by atoms with Crippen LogP contribution in [0.3, 0.4) is 0 Å². The molecule has 0 aliphatic rings. The quantitative estimate of drug-likeness (QED) is 0.394. The molecule has 22 heavy (non-hydrogen) atoms. The van der Waals surface area contributed by atoms with E-state index in [4.69, 9.17) is 4.74 Å². The Morgan fingerprint density at radius 2 is 2.18 bits per heavy atom. The van der Waals surface area contributed by atoms with E-state index in [1.54, 1.807) is 11.3 Å². The van der Waals surface area contributed by atoms with Crippen LogP contribution in [0.2, 0.25) is 0 Å². The van der Waals surface area contributed by atoms with Crippen LogP contribution < -0.4 is 10.6 Å². The molecule has 0 radical (unpaired) electrons. The molecule has 0 fully saturated rings. The Balaban J connectivity index is 2.31. The molecule has 0 unspecified atom stereocenters. The van der Waals surface area contributed by atoms with Crippen molar-refractivity contribution in [1.82, 2.24) is 15.6 Å². The van der Waals surface area contributed by atoms with E-state index < -0.39 is 0 Å². The molecule has 0 saturated carbocycles. The molecule has 0 saturated heterocycles. The molecule has 1 aromatic rings. The highest BCUT2D eigenvalue weighted by molar-refractivity contribution is 7.09. The van der Waals surface area contributed by atoms with E-state index in [1.807, 2.05) is 6.92 Å². The van der Waals surface area contributed by atoms with E-state index in [-0.39, 0.29) is 0 Å². The summed E-state index contributed by atoms with van der Waals surface area (Å²) in [5, 5.41) is 9.99. The van der Waals surface area contributed by atoms with E-state index in [9.17, 15) is 0 Å². The van der Waals surface area contributed by atoms with Crippen molar-refractivity contribution in [2.24, 2.45) is 4.99 Å². The summed E-state index contributed by atoms with van der Waals surface area (Å²) in [7, 11) is 0. The third-order valence-electron chi connectivity index (χ3n) is 3.00. The molecule has 1 aromatic heterocycles. The van der Waals surface area contributed by atoms with Gasteiger partial charge in [-0.2, -0.15) is 0 Å². The van der Waals surface area contributed by atoms with Gasteiger partial charge in [0.25, 0.3) is 0 Å². The molecule has 1 heterocycles. The number of aliphatic imine (C=N–C) groups is 1. The van der Waals surface area contributed by atoms with E-state index in [0.29, 0.717) is 5.92 Å². The van der Waals surface area contributed by atoms with Gasteiger partial charge in [0.1, 0.15) is 0 Å². The first-order valence-electron chi connectivity index (χ1n) is 8.21. The van der Waals surface area contributed by atoms with E-state index in [0.717, 1.165) is 57.3 Å². The van der Waals surface area contributed by atoms with Crippen LogP contribution in [-0.2, 0) is 11.2 Å². The Hall–Kier alpha value is -1.14. The predicted octanol–water partition coefficient (Wildman–Crippen LogP) is 2.79. The fraction of sp³-hybridized carbons (Fsp3) is 0.750. The summed E-state index contributed by atoms with van der Waals surface area (Å²) >= 11 is 1.75. The number of guanidine groups is 1. The van der Waals surface area contributed by atoms with Crippen LogP contribution in [0.4, 0.5) is 0 Å². The van der Waals surface area contributed by atoms with Gasteiger partial charge < -0.3 is 15.4 Å². The average Bonchev–Trinajstić information content (AvgIpc) is 2.96. The van der Waals surface area contributed by atoms with Gasteiger partial charge in [-0.3, -0.25) is 4.99 Å². The molecular formula is C16H30N4OS. The highest BCUT2D eigenvalue weighted by atomic mass is 32.1. The smallest absolute Gasteiger partial charge is 0.191 e. The molecule has 0 aromatic carbocycles. The lowest BCUT2D eigenvalue weighted by atomic mass is 10.2. The Morgan fingerprint density at radius 1 is 1.36 bits per heavy atom. The third-order valence-corrected chi connectivity index (χ3v) is 4.20. The lowest BCUT2D eigenvalue weighted by molar-refractivity contribution is 0.146. The number of nitrogens with zero attached hydrogens (tertiary/aromatic N) is 2. The third kappa shape index (κ3) is 7.75. The molecule has 0 aliphatic heterocycles. The van der Waals surface area contributed by atoms with Crippen molar-refractivity contribution in [2.45, 2.75) is 46.5 Å². The second-order valence-corrected chi connectivity index (χ2v) is 6.21. The summed E-state index contributed by atoms with van der Waals surface area (Å²) in [6.45, 7) is 12.5. The molecule has 2 N–H and O–H groups in total. The fourth-order valence-corrected chi connectivity index (χ4v) is 2.72.